The molecule has 234 valence electrons. The van der Waals surface area contributed by atoms with Crippen LogP contribution in [0.3, 0.4) is 0 Å². The largest absolute Gasteiger partial charge is 0.416 e. The van der Waals surface area contributed by atoms with Crippen molar-refractivity contribution in [2.45, 2.75) is 32.4 Å². The van der Waals surface area contributed by atoms with Crippen LogP contribution in [0.1, 0.15) is 38.9 Å². The van der Waals surface area contributed by atoms with Gasteiger partial charge in [-0.3, -0.25) is 0 Å². The van der Waals surface area contributed by atoms with E-state index in [1.54, 1.807) is 85.5 Å². The zero-order valence-corrected chi connectivity index (χ0v) is 26.6. The van der Waals surface area contributed by atoms with Crippen molar-refractivity contribution in [1.82, 2.24) is 0 Å². The van der Waals surface area contributed by atoms with E-state index in [-0.39, 0.29) is 17.6 Å². The third-order valence-electron chi connectivity index (χ3n) is 7.69. The molecule has 1 heterocycles. The molecule has 5 rings (SSSR count). The summed E-state index contributed by atoms with van der Waals surface area (Å²) in [5.41, 5.74) is -4.00. The minimum Gasteiger partial charge on any atom is -0.348 e. The molecular weight excluding hydrogens is 740 g/mol. The predicted molar refractivity (Wildman–Crippen MR) is 165 cm³/mol. The molecule has 0 N–H and O–H groups in total. The molecule has 1 aliphatic rings. The Kier molecular flexibility index (Phi) is 8.76. The number of hydrogen-bond acceptors (Lipinski definition) is 1. The molecule has 1 nitrogen and oxygen atoms in total. The van der Waals surface area contributed by atoms with Crippen molar-refractivity contribution in [3.63, 3.8) is 0 Å². The molecule has 0 atom stereocenters. The summed E-state index contributed by atoms with van der Waals surface area (Å²) < 4.78 is 130. The van der Waals surface area contributed by atoms with Crippen LogP contribution in [0, 0.1) is 13.8 Å². The molecule has 0 aliphatic carbocycles. The van der Waals surface area contributed by atoms with Crippen molar-refractivity contribution >= 4 is 60.9 Å². The van der Waals surface area contributed by atoms with Gasteiger partial charge in [-0.25, -0.2) is 0 Å². The minimum atomic E-state index is -5.54. The number of rotatable bonds is 4. The maximum absolute atomic E-state index is 14.7. The maximum atomic E-state index is 14.7. The molecule has 0 saturated carbocycles. The van der Waals surface area contributed by atoms with E-state index in [1.807, 2.05) is 0 Å². The van der Waals surface area contributed by atoms with Crippen molar-refractivity contribution in [2.75, 3.05) is 11.3 Å². The summed E-state index contributed by atoms with van der Waals surface area (Å²) in [6.07, 6.45) is -16.9. The highest BCUT2D eigenvalue weighted by atomic mass is 79.9. The molecule has 0 bridgehead atoms. The van der Waals surface area contributed by atoms with E-state index >= 15 is 0 Å². The Morgan fingerprint density at radius 3 is 1.49 bits per heavy atom. The lowest BCUT2D eigenvalue weighted by Gasteiger charge is -2.28. The van der Waals surface area contributed by atoms with Gasteiger partial charge in [-0.05, 0) is 83.4 Å². The summed E-state index contributed by atoms with van der Waals surface area (Å²) in [6, 6.07) is 18.0. The van der Waals surface area contributed by atoms with Gasteiger partial charge in [-0.15, -0.1) is 0 Å². The fourth-order valence-corrected chi connectivity index (χ4v) is 6.42. The maximum Gasteiger partial charge on any atom is 0.416 e. The second-order valence-electron chi connectivity index (χ2n) is 10.7. The van der Waals surface area contributed by atoms with Crippen LogP contribution >= 0.6 is 31.9 Å². The van der Waals surface area contributed by atoms with E-state index in [1.165, 1.54) is 0 Å². The van der Waals surface area contributed by atoms with Gasteiger partial charge < -0.3 is 4.90 Å². The topological polar surface area (TPSA) is 3.24 Å². The lowest BCUT2D eigenvalue weighted by molar-refractivity contribution is -0.147. The second kappa shape index (κ2) is 11.9. The number of aryl methyl sites for hydroxylation is 2. The third kappa shape index (κ3) is 6.56. The Morgan fingerprint density at radius 1 is 0.622 bits per heavy atom. The molecule has 4 aromatic carbocycles. The molecule has 0 aromatic heterocycles. The van der Waals surface area contributed by atoms with Gasteiger partial charge >= 0.3 is 18.5 Å². The van der Waals surface area contributed by atoms with E-state index in [4.69, 9.17) is 0 Å². The quantitative estimate of drug-likeness (QED) is 0.148. The van der Waals surface area contributed by atoms with Crippen LogP contribution in [-0.4, -0.2) is 13.2 Å². The highest BCUT2D eigenvalue weighted by molar-refractivity contribution is 9.10. The number of benzene rings is 4. The first kappa shape index (κ1) is 33.2. The number of hydrogen-bond donors (Lipinski definition) is 0. The van der Waals surface area contributed by atoms with E-state index in [9.17, 15) is 39.5 Å². The van der Waals surface area contributed by atoms with Gasteiger partial charge in [0, 0.05) is 26.8 Å². The minimum absolute atomic E-state index is 0.114. The summed E-state index contributed by atoms with van der Waals surface area (Å²) in [5, 5.41) is 0. The summed E-state index contributed by atoms with van der Waals surface area (Å²) in [6.45, 7) is 1.91. The van der Waals surface area contributed by atoms with Gasteiger partial charge in [0.2, 0.25) is 6.71 Å². The molecular formula is C32H21BBr2F9N. The fourth-order valence-electron chi connectivity index (χ4n) is 5.89. The molecule has 13 heteroatoms. The summed E-state index contributed by atoms with van der Waals surface area (Å²) >= 11 is 6.68. The summed E-state index contributed by atoms with van der Waals surface area (Å²) in [7, 11) is 0. The van der Waals surface area contributed by atoms with Crippen molar-refractivity contribution in [2.24, 2.45) is 0 Å². The Balaban J connectivity index is 1.96. The molecule has 0 fully saturated rings. The summed E-state index contributed by atoms with van der Waals surface area (Å²) in [4.78, 5) is 1.67. The van der Waals surface area contributed by atoms with Gasteiger partial charge in [-0.1, -0.05) is 74.3 Å². The molecule has 0 radical (unpaired) electrons. The van der Waals surface area contributed by atoms with E-state index in [2.05, 4.69) is 31.9 Å². The highest BCUT2D eigenvalue weighted by Crippen LogP contribution is 2.46. The average molecular weight is 761 g/mol. The monoisotopic (exact) mass is 759 g/mol. The molecule has 4 aromatic rings. The standard InChI is InChI=1S/C32H21BBr2F9N/c1-17-4-3-5-18(2)28(17)45-16-33(26(19-6-10-22(34)11-7-19)29(45)20-8-12-23(35)13-9-20)27-24(31(39,40)41)14-21(30(36,37)38)15-25(27)32(42,43)44/h3-15H,16H2,1-2H3. The van der Waals surface area contributed by atoms with Crippen LogP contribution in [0.5, 0.6) is 0 Å². The number of para-hydroxylation sites is 1. The first-order valence-corrected chi connectivity index (χ1v) is 15.0. The first-order chi connectivity index (χ1) is 20.9. The molecule has 0 saturated heterocycles. The smallest absolute Gasteiger partial charge is 0.348 e. The van der Waals surface area contributed by atoms with Crippen molar-refractivity contribution < 1.29 is 39.5 Å². The lowest BCUT2D eigenvalue weighted by atomic mass is 9.38. The zero-order valence-electron chi connectivity index (χ0n) is 23.4. The Hall–Kier alpha value is -3.19. The van der Waals surface area contributed by atoms with Crippen LogP contribution in [0.25, 0.3) is 11.2 Å². The van der Waals surface area contributed by atoms with Crippen LogP contribution < -0.4 is 10.4 Å². The predicted octanol–water partition coefficient (Wildman–Crippen LogP) is 10.8. The summed E-state index contributed by atoms with van der Waals surface area (Å²) in [5.74, 6) is 0. The Labute approximate surface area is 270 Å². The molecule has 0 spiro atoms. The normalized spacial score (nSPS) is 14.5. The number of alkyl halides is 9. The number of nitrogens with zero attached hydrogens (tertiary/aromatic N) is 1. The number of anilines is 1. The Bertz CT molecular complexity index is 1720. The van der Waals surface area contributed by atoms with Gasteiger partial charge in [0.05, 0.1) is 16.7 Å². The molecule has 0 unspecified atom stereocenters. The van der Waals surface area contributed by atoms with E-state index in [0.717, 1.165) is 0 Å². The van der Waals surface area contributed by atoms with Crippen LogP contribution in [0.2, 0.25) is 0 Å². The first-order valence-electron chi connectivity index (χ1n) is 13.4. The molecule has 45 heavy (non-hydrogen) atoms. The van der Waals surface area contributed by atoms with Gasteiger partial charge in [0.25, 0.3) is 0 Å². The lowest BCUT2D eigenvalue weighted by Crippen LogP contribution is -2.45. The molecule has 0 amide bonds. The fraction of sp³-hybridized carbons (Fsp3) is 0.188. The van der Waals surface area contributed by atoms with Crippen molar-refractivity contribution in [3.05, 3.63) is 127 Å². The SMILES string of the molecule is Cc1cccc(C)c1N1CB(c2c(C(F)(F)F)cc(C(F)(F)F)cc2C(F)(F)F)C(c2ccc(Br)cc2)=C1c1ccc(Br)cc1. The van der Waals surface area contributed by atoms with E-state index < -0.39 is 53.8 Å². The number of halogens is 11. The second-order valence-corrected chi connectivity index (χ2v) is 12.5. The van der Waals surface area contributed by atoms with Crippen LogP contribution in [0.15, 0.2) is 87.8 Å². The third-order valence-corrected chi connectivity index (χ3v) is 8.74. The highest BCUT2D eigenvalue weighted by Gasteiger charge is 2.50. The van der Waals surface area contributed by atoms with Crippen LogP contribution in [-0.2, 0) is 18.5 Å². The van der Waals surface area contributed by atoms with E-state index in [0.29, 0.717) is 42.6 Å². The van der Waals surface area contributed by atoms with Crippen molar-refractivity contribution in [1.29, 1.82) is 0 Å². The van der Waals surface area contributed by atoms with Crippen molar-refractivity contribution in [3.8, 4) is 0 Å². The Morgan fingerprint density at radius 2 is 1.07 bits per heavy atom. The van der Waals surface area contributed by atoms with Crippen LogP contribution in [0.4, 0.5) is 45.2 Å². The average Bonchev–Trinajstić information content (AvgIpc) is 3.31. The van der Waals surface area contributed by atoms with Gasteiger partial charge in [-0.2, -0.15) is 39.5 Å². The molecule has 1 aliphatic heterocycles. The van der Waals surface area contributed by atoms with Gasteiger partial charge in [0.1, 0.15) is 0 Å². The zero-order chi connectivity index (χ0) is 33.1. The van der Waals surface area contributed by atoms with Gasteiger partial charge in [0.15, 0.2) is 0 Å².